The number of aliphatic carboxylic acids is 1. The van der Waals surface area contributed by atoms with E-state index >= 15 is 0 Å². The second-order valence-corrected chi connectivity index (χ2v) is 11.9. The summed E-state index contributed by atoms with van der Waals surface area (Å²) in [4.78, 5) is 96.2. The Kier molecular flexibility index (Phi) is 13.7. The van der Waals surface area contributed by atoms with E-state index in [0.717, 1.165) is 5.56 Å². The smallest absolute Gasteiger partial charge is 0.305 e. The molecule has 0 spiro atoms. The van der Waals surface area contributed by atoms with E-state index < -0.39 is 78.0 Å². The van der Waals surface area contributed by atoms with Crippen molar-refractivity contribution in [3.05, 3.63) is 35.9 Å². The highest BCUT2D eigenvalue weighted by Crippen LogP contribution is 2.22. The summed E-state index contributed by atoms with van der Waals surface area (Å²) in [5.74, 6) is -5.34. The predicted octanol–water partition coefficient (Wildman–Crippen LogP) is -2.30. The molecule has 0 radical (unpaired) electrons. The first-order valence-corrected chi connectivity index (χ1v) is 15.9. The molecule has 0 aromatic heterocycles. The molecule has 5 atom stereocenters. The van der Waals surface area contributed by atoms with Crippen molar-refractivity contribution < 1.29 is 38.7 Å². The van der Waals surface area contributed by atoms with Gasteiger partial charge in [-0.25, -0.2) is 0 Å². The number of carbonyl (C=O) groups is 7. The second-order valence-electron chi connectivity index (χ2n) is 11.9. The Morgan fingerprint density at radius 1 is 0.833 bits per heavy atom. The topological polar surface area (TPSA) is 273 Å². The van der Waals surface area contributed by atoms with Gasteiger partial charge in [0.2, 0.25) is 35.4 Å². The van der Waals surface area contributed by atoms with Gasteiger partial charge in [0.15, 0.2) is 5.96 Å². The summed E-state index contributed by atoms with van der Waals surface area (Å²) in [5.41, 5.74) is 17.0. The van der Waals surface area contributed by atoms with Gasteiger partial charge in [0, 0.05) is 33.0 Å². The van der Waals surface area contributed by atoms with Crippen LogP contribution in [0.2, 0.25) is 0 Å². The minimum Gasteiger partial charge on any atom is -0.481 e. The number of primary amides is 1. The number of aliphatic imine (C=N–C) groups is 1. The van der Waals surface area contributed by atoms with E-state index in [1.54, 1.807) is 30.3 Å². The first kappa shape index (κ1) is 37.2. The van der Waals surface area contributed by atoms with Gasteiger partial charge < -0.3 is 48.1 Å². The predicted molar refractivity (Wildman–Crippen MR) is 172 cm³/mol. The quantitative estimate of drug-likeness (QED) is 0.0561. The van der Waals surface area contributed by atoms with Crippen molar-refractivity contribution in [1.29, 1.82) is 0 Å². The zero-order valence-electron chi connectivity index (χ0n) is 26.9. The van der Waals surface area contributed by atoms with E-state index in [1.807, 2.05) is 0 Å². The molecule has 2 aliphatic heterocycles. The van der Waals surface area contributed by atoms with Gasteiger partial charge in [0.05, 0.1) is 6.42 Å². The number of hydrogen-bond acceptors (Lipinski definition) is 8. The van der Waals surface area contributed by atoms with Gasteiger partial charge in [-0.15, -0.1) is 0 Å². The molecule has 0 aliphatic carbocycles. The van der Waals surface area contributed by atoms with Gasteiger partial charge in [-0.2, -0.15) is 0 Å². The standard InChI is InChI=1S/C31H45N9O8/c1-18(41)36-20(10-5-13-35-31(33)34)29(47)39-14-6-12-24(39)28(46)38-22(17-25(42)43)30(48)40-15-7-11-23(40)27(45)37-21(26(32)44)16-19-8-3-2-4-9-19/h2-4,8-9,20-24H,5-7,10-17H2,1H3,(H2,32,44)(H,36,41)(H,37,45)(H,38,46)(H,42,43)(H4,33,34,35)/t20-,21-,22-,23-,24-/m0/s1. The van der Waals surface area contributed by atoms with E-state index in [4.69, 9.17) is 17.2 Å². The van der Waals surface area contributed by atoms with Crippen LogP contribution in [0.4, 0.5) is 0 Å². The molecule has 0 bridgehead atoms. The zero-order chi connectivity index (χ0) is 35.4. The summed E-state index contributed by atoms with van der Waals surface area (Å²) in [6.45, 7) is 1.81. The molecule has 0 saturated carbocycles. The lowest BCUT2D eigenvalue weighted by atomic mass is 10.0. The molecule has 2 saturated heterocycles. The summed E-state index contributed by atoms with van der Waals surface area (Å²) in [5, 5.41) is 17.3. The number of carboxylic acids is 1. The van der Waals surface area contributed by atoms with Crippen molar-refractivity contribution in [2.24, 2.45) is 22.2 Å². The first-order valence-electron chi connectivity index (χ1n) is 15.9. The Morgan fingerprint density at radius 2 is 1.38 bits per heavy atom. The fraction of sp³-hybridized carbons (Fsp3) is 0.548. The third-order valence-corrected chi connectivity index (χ3v) is 8.23. The van der Waals surface area contributed by atoms with Crippen LogP contribution in [0.25, 0.3) is 0 Å². The van der Waals surface area contributed by atoms with Crippen LogP contribution in [0.5, 0.6) is 0 Å². The Labute approximate surface area is 278 Å². The fourth-order valence-corrected chi connectivity index (χ4v) is 6.00. The molecule has 1 aromatic rings. The molecular formula is C31H45N9O8. The number of nitrogens with one attached hydrogen (secondary N) is 3. The molecule has 2 fully saturated rings. The highest BCUT2D eigenvalue weighted by atomic mass is 16.4. The number of carbonyl (C=O) groups excluding carboxylic acids is 6. The van der Waals surface area contributed by atoms with E-state index in [2.05, 4.69) is 20.9 Å². The lowest BCUT2D eigenvalue weighted by molar-refractivity contribution is -0.147. The molecule has 2 aliphatic rings. The lowest BCUT2D eigenvalue weighted by Crippen LogP contribution is -2.59. The van der Waals surface area contributed by atoms with Crippen LogP contribution in [0, 0.1) is 0 Å². The number of guanidine groups is 1. The largest absolute Gasteiger partial charge is 0.481 e. The third kappa shape index (κ3) is 10.7. The van der Waals surface area contributed by atoms with E-state index in [9.17, 15) is 38.7 Å². The highest BCUT2D eigenvalue weighted by Gasteiger charge is 2.42. The normalized spacial score (nSPS) is 19.0. The van der Waals surface area contributed by atoms with Crippen LogP contribution in [0.1, 0.15) is 57.4 Å². The highest BCUT2D eigenvalue weighted by molar-refractivity contribution is 5.98. The van der Waals surface area contributed by atoms with Crippen molar-refractivity contribution in [2.45, 2.75) is 88.5 Å². The van der Waals surface area contributed by atoms with E-state index in [-0.39, 0.29) is 51.3 Å². The monoisotopic (exact) mass is 671 g/mol. The molecule has 3 rings (SSSR count). The summed E-state index contributed by atoms with van der Waals surface area (Å²) >= 11 is 0. The van der Waals surface area contributed by atoms with Crippen LogP contribution in [-0.4, -0.2) is 112 Å². The maximum absolute atomic E-state index is 13.7. The molecule has 17 nitrogen and oxygen atoms in total. The zero-order valence-corrected chi connectivity index (χ0v) is 26.9. The molecule has 10 N–H and O–H groups in total. The average molecular weight is 672 g/mol. The second kappa shape index (κ2) is 17.6. The number of rotatable bonds is 16. The Bertz CT molecular complexity index is 1380. The van der Waals surface area contributed by atoms with E-state index in [0.29, 0.717) is 19.3 Å². The van der Waals surface area contributed by atoms with Gasteiger partial charge >= 0.3 is 5.97 Å². The molecule has 262 valence electrons. The molecule has 6 amide bonds. The molecule has 48 heavy (non-hydrogen) atoms. The summed E-state index contributed by atoms with van der Waals surface area (Å²) < 4.78 is 0. The summed E-state index contributed by atoms with van der Waals surface area (Å²) in [6, 6.07) is 3.32. The number of likely N-dealkylation sites (tertiary alicyclic amines) is 2. The number of carboxylic acid groups (broad SMARTS) is 1. The van der Waals surface area contributed by atoms with Crippen molar-refractivity contribution in [3.63, 3.8) is 0 Å². The maximum atomic E-state index is 13.7. The van der Waals surface area contributed by atoms with Crippen molar-refractivity contribution in [1.82, 2.24) is 25.8 Å². The number of amides is 6. The van der Waals surface area contributed by atoms with Gasteiger partial charge in [0.25, 0.3) is 0 Å². The lowest BCUT2D eigenvalue weighted by Gasteiger charge is -2.31. The van der Waals surface area contributed by atoms with Gasteiger partial charge in [-0.3, -0.25) is 38.6 Å². The number of nitrogens with zero attached hydrogens (tertiary/aromatic N) is 3. The maximum Gasteiger partial charge on any atom is 0.305 e. The molecule has 17 heteroatoms. The van der Waals surface area contributed by atoms with Crippen LogP contribution < -0.4 is 33.2 Å². The molecule has 0 unspecified atom stereocenters. The average Bonchev–Trinajstić information content (AvgIpc) is 3.72. The Morgan fingerprint density at radius 3 is 1.88 bits per heavy atom. The summed E-state index contributed by atoms with van der Waals surface area (Å²) in [6.07, 6.45) is 1.31. The van der Waals surface area contributed by atoms with Crippen LogP contribution in [-0.2, 0) is 40.0 Å². The van der Waals surface area contributed by atoms with Crippen molar-refractivity contribution >= 4 is 47.4 Å². The van der Waals surface area contributed by atoms with Gasteiger partial charge in [0.1, 0.15) is 30.2 Å². The fourth-order valence-electron chi connectivity index (χ4n) is 6.00. The van der Waals surface area contributed by atoms with Gasteiger partial charge in [-0.05, 0) is 44.1 Å². The Balaban J connectivity index is 1.72. The third-order valence-electron chi connectivity index (χ3n) is 8.23. The minimum atomic E-state index is -1.54. The van der Waals surface area contributed by atoms with Gasteiger partial charge in [-0.1, -0.05) is 30.3 Å². The van der Waals surface area contributed by atoms with Crippen LogP contribution in [0.15, 0.2) is 35.3 Å². The number of nitrogens with two attached hydrogens (primary N) is 3. The minimum absolute atomic E-state index is 0.113. The Hall–Kier alpha value is -5.22. The molecular weight excluding hydrogens is 626 g/mol. The van der Waals surface area contributed by atoms with Crippen LogP contribution in [0.3, 0.4) is 0 Å². The first-order chi connectivity index (χ1) is 22.8. The number of benzene rings is 1. The number of hydrogen-bond donors (Lipinski definition) is 7. The van der Waals surface area contributed by atoms with Crippen LogP contribution >= 0.6 is 0 Å². The SMILES string of the molecule is CC(=O)N[C@@H](CCCN=C(N)N)C(=O)N1CCC[C@H]1C(=O)N[C@@H](CC(=O)O)C(=O)N1CCC[C@H]1C(=O)N[C@@H](Cc1ccccc1)C(N)=O. The molecule has 1 aromatic carbocycles. The van der Waals surface area contributed by atoms with Crippen molar-refractivity contribution in [3.8, 4) is 0 Å². The summed E-state index contributed by atoms with van der Waals surface area (Å²) in [7, 11) is 0. The van der Waals surface area contributed by atoms with Crippen molar-refractivity contribution in [2.75, 3.05) is 19.6 Å². The molecule has 2 heterocycles. The van der Waals surface area contributed by atoms with E-state index in [1.165, 1.54) is 16.7 Å².